The van der Waals surface area contributed by atoms with E-state index in [1.807, 2.05) is 6.92 Å². The topological polar surface area (TPSA) is 71.6 Å². The van der Waals surface area contributed by atoms with E-state index in [0.717, 1.165) is 45.5 Å². The van der Waals surface area contributed by atoms with Crippen LogP contribution in [0.15, 0.2) is 0 Å². The lowest BCUT2D eigenvalue weighted by atomic mass is 9.90. The molecule has 0 bridgehead atoms. The van der Waals surface area contributed by atoms with E-state index in [0.29, 0.717) is 6.61 Å². The van der Waals surface area contributed by atoms with Gasteiger partial charge in [-0.25, -0.2) is 0 Å². The molecule has 1 fully saturated rings. The Morgan fingerprint density at radius 2 is 2.06 bits per heavy atom. The predicted octanol–water partition coefficient (Wildman–Crippen LogP) is 0.830. The number of rotatable bonds is 7. The second-order valence-corrected chi connectivity index (χ2v) is 4.53. The molecule has 1 aliphatic rings. The molecule has 0 saturated carbocycles. The summed E-state index contributed by atoms with van der Waals surface area (Å²) in [6, 6.07) is 0. The molecule has 5 heteroatoms. The lowest BCUT2D eigenvalue weighted by Crippen LogP contribution is -2.53. The molecule has 5 nitrogen and oxygen atoms in total. The molecule has 0 spiro atoms. The van der Waals surface area contributed by atoms with Crippen molar-refractivity contribution in [1.29, 1.82) is 5.41 Å². The maximum Gasteiger partial charge on any atom is 0.127 e. The number of likely N-dealkylation sites (tertiary alicyclic amines) is 1. The monoisotopic (exact) mass is 243 g/mol. The first-order valence-corrected chi connectivity index (χ1v) is 6.34. The Kier molecular flexibility index (Phi) is 5.88. The van der Waals surface area contributed by atoms with Gasteiger partial charge in [0.05, 0.1) is 0 Å². The molecule has 1 aliphatic heterocycles. The van der Waals surface area contributed by atoms with Crippen LogP contribution in [0, 0.1) is 5.41 Å². The van der Waals surface area contributed by atoms with E-state index in [-0.39, 0.29) is 5.84 Å². The fourth-order valence-corrected chi connectivity index (χ4v) is 2.34. The third-order valence-corrected chi connectivity index (χ3v) is 3.40. The van der Waals surface area contributed by atoms with Crippen LogP contribution in [0.3, 0.4) is 0 Å². The number of nitrogens with one attached hydrogen (secondary N) is 1. The number of ether oxygens (including phenoxy) is 2. The first kappa shape index (κ1) is 14.4. The fraction of sp³-hybridized carbons (Fsp3) is 0.917. The van der Waals surface area contributed by atoms with Crippen molar-refractivity contribution in [1.82, 2.24) is 4.90 Å². The van der Waals surface area contributed by atoms with Crippen LogP contribution in [0.25, 0.3) is 0 Å². The highest BCUT2D eigenvalue weighted by Crippen LogP contribution is 2.26. The van der Waals surface area contributed by atoms with Crippen molar-refractivity contribution < 1.29 is 9.47 Å². The molecule has 1 heterocycles. The summed E-state index contributed by atoms with van der Waals surface area (Å²) >= 11 is 0. The molecular formula is C12H25N3O2. The SMILES string of the molecule is CCOC1(C(=N)N)CCN(CCCOC)CC1. The number of piperidine rings is 1. The number of amidine groups is 1. The fourth-order valence-electron chi connectivity index (χ4n) is 2.34. The third kappa shape index (κ3) is 3.94. The highest BCUT2D eigenvalue weighted by Gasteiger charge is 2.38. The molecule has 0 aromatic rings. The normalized spacial score (nSPS) is 20.4. The van der Waals surface area contributed by atoms with Gasteiger partial charge < -0.3 is 20.1 Å². The molecule has 17 heavy (non-hydrogen) atoms. The van der Waals surface area contributed by atoms with Gasteiger partial charge in [-0.15, -0.1) is 0 Å². The van der Waals surface area contributed by atoms with Crippen LogP contribution in [0.4, 0.5) is 0 Å². The first-order valence-electron chi connectivity index (χ1n) is 6.34. The molecule has 0 aromatic heterocycles. The van der Waals surface area contributed by atoms with Gasteiger partial charge in [-0.2, -0.15) is 0 Å². The van der Waals surface area contributed by atoms with E-state index in [1.165, 1.54) is 0 Å². The second-order valence-electron chi connectivity index (χ2n) is 4.53. The highest BCUT2D eigenvalue weighted by atomic mass is 16.5. The lowest BCUT2D eigenvalue weighted by molar-refractivity contribution is -0.0316. The molecule has 0 unspecified atom stereocenters. The van der Waals surface area contributed by atoms with Crippen molar-refractivity contribution in [3.8, 4) is 0 Å². The van der Waals surface area contributed by atoms with Gasteiger partial charge in [0.2, 0.25) is 0 Å². The molecule has 1 rings (SSSR count). The van der Waals surface area contributed by atoms with Gasteiger partial charge in [-0.05, 0) is 26.2 Å². The van der Waals surface area contributed by atoms with Crippen LogP contribution in [0.5, 0.6) is 0 Å². The minimum atomic E-state index is -0.507. The number of hydrogen-bond donors (Lipinski definition) is 2. The highest BCUT2D eigenvalue weighted by molar-refractivity contribution is 5.86. The van der Waals surface area contributed by atoms with Crippen LogP contribution < -0.4 is 5.73 Å². The van der Waals surface area contributed by atoms with E-state index in [4.69, 9.17) is 20.6 Å². The second kappa shape index (κ2) is 6.93. The minimum Gasteiger partial charge on any atom is -0.385 e. The van der Waals surface area contributed by atoms with Crippen LogP contribution >= 0.6 is 0 Å². The zero-order valence-corrected chi connectivity index (χ0v) is 11.0. The van der Waals surface area contributed by atoms with Gasteiger partial charge >= 0.3 is 0 Å². The molecule has 0 amide bonds. The van der Waals surface area contributed by atoms with Gasteiger partial charge in [0.25, 0.3) is 0 Å². The smallest absolute Gasteiger partial charge is 0.127 e. The van der Waals surface area contributed by atoms with Gasteiger partial charge in [0, 0.05) is 40.0 Å². The number of nitrogens with two attached hydrogens (primary N) is 1. The Hall–Kier alpha value is -0.650. The van der Waals surface area contributed by atoms with E-state index in [1.54, 1.807) is 7.11 Å². The van der Waals surface area contributed by atoms with Crippen LogP contribution in [-0.2, 0) is 9.47 Å². The van der Waals surface area contributed by atoms with Crippen molar-refractivity contribution in [2.45, 2.75) is 31.8 Å². The van der Waals surface area contributed by atoms with Crippen LogP contribution in [-0.4, -0.2) is 56.3 Å². The zero-order chi connectivity index (χ0) is 12.7. The Labute approximate surface area is 104 Å². The number of nitrogens with zero attached hydrogens (tertiary/aromatic N) is 1. The van der Waals surface area contributed by atoms with E-state index >= 15 is 0 Å². The molecule has 0 aromatic carbocycles. The average Bonchev–Trinajstić information content (AvgIpc) is 2.32. The van der Waals surface area contributed by atoms with E-state index < -0.39 is 5.60 Å². The van der Waals surface area contributed by atoms with E-state index in [9.17, 15) is 0 Å². The molecule has 0 radical (unpaired) electrons. The quantitative estimate of drug-likeness (QED) is 0.395. The van der Waals surface area contributed by atoms with Gasteiger partial charge in [-0.3, -0.25) is 5.41 Å². The zero-order valence-electron chi connectivity index (χ0n) is 11.0. The van der Waals surface area contributed by atoms with Gasteiger partial charge in [-0.1, -0.05) is 0 Å². The van der Waals surface area contributed by atoms with Gasteiger partial charge in [0.15, 0.2) is 0 Å². The molecule has 0 atom stereocenters. The summed E-state index contributed by atoms with van der Waals surface area (Å²) in [6.07, 6.45) is 2.70. The van der Waals surface area contributed by atoms with Crippen molar-refractivity contribution >= 4 is 5.84 Å². The van der Waals surface area contributed by atoms with Crippen LogP contribution in [0.2, 0.25) is 0 Å². The lowest BCUT2D eigenvalue weighted by Gasteiger charge is -2.40. The predicted molar refractivity (Wildman–Crippen MR) is 68.4 cm³/mol. The molecule has 3 N–H and O–H groups in total. The van der Waals surface area contributed by atoms with Crippen molar-refractivity contribution in [2.75, 3.05) is 40.0 Å². The summed E-state index contributed by atoms with van der Waals surface area (Å²) in [5.41, 5.74) is 5.17. The largest absolute Gasteiger partial charge is 0.385 e. The van der Waals surface area contributed by atoms with Crippen molar-refractivity contribution in [3.63, 3.8) is 0 Å². The standard InChI is InChI=1S/C12H25N3O2/c1-3-17-12(11(13)14)5-8-15(9-6-12)7-4-10-16-2/h3-10H2,1-2H3,(H3,13,14). The summed E-state index contributed by atoms with van der Waals surface area (Å²) < 4.78 is 10.8. The Bertz CT molecular complexity index is 238. The molecule has 1 saturated heterocycles. The number of hydrogen-bond acceptors (Lipinski definition) is 4. The van der Waals surface area contributed by atoms with E-state index in [2.05, 4.69) is 4.90 Å². The summed E-state index contributed by atoms with van der Waals surface area (Å²) in [7, 11) is 1.73. The molecular weight excluding hydrogens is 218 g/mol. The number of methoxy groups -OCH3 is 1. The summed E-state index contributed by atoms with van der Waals surface area (Å²) in [5.74, 6) is 0.177. The van der Waals surface area contributed by atoms with Crippen LogP contribution in [0.1, 0.15) is 26.2 Å². The third-order valence-electron chi connectivity index (χ3n) is 3.40. The molecule has 100 valence electrons. The first-order chi connectivity index (χ1) is 8.14. The van der Waals surface area contributed by atoms with Gasteiger partial charge in [0.1, 0.15) is 11.4 Å². The summed E-state index contributed by atoms with van der Waals surface area (Å²) in [5, 5.41) is 7.69. The molecule has 0 aliphatic carbocycles. The Morgan fingerprint density at radius 1 is 1.41 bits per heavy atom. The summed E-state index contributed by atoms with van der Waals surface area (Å²) in [4.78, 5) is 2.39. The maximum atomic E-state index is 7.69. The summed E-state index contributed by atoms with van der Waals surface area (Å²) in [6.45, 7) is 6.32. The van der Waals surface area contributed by atoms with Crippen molar-refractivity contribution in [2.24, 2.45) is 5.73 Å². The Balaban J connectivity index is 2.39. The van der Waals surface area contributed by atoms with Crippen molar-refractivity contribution in [3.05, 3.63) is 0 Å². The Morgan fingerprint density at radius 3 is 2.53 bits per heavy atom. The average molecular weight is 243 g/mol. The maximum absolute atomic E-state index is 7.69. The minimum absolute atomic E-state index is 0.177.